The highest BCUT2D eigenvalue weighted by molar-refractivity contribution is 7.92. The van der Waals surface area contributed by atoms with E-state index in [1.54, 1.807) is 19.2 Å². The molecule has 2 rings (SSSR count). The van der Waals surface area contributed by atoms with E-state index in [0.29, 0.717) is 17.8 Å². The highest BCUT2D eigenvalue weighted by Gasteiger charge is 2.23. The molecule has 0 saturated carbocycles. The first kappa shape index (κ1) is 19.7. The number of nitrogens with zero attached hydrogens (tertiary/aromatic N) is 2. The van der Waals surface area contributed by atoms with Crippen molar-refractivity contribution in [3.63, 3.8) is 0 Å². The van der Waals surface area contributed by atoms with Gasteiger partial charge in [-0.25, -0.2) is 8.42 Å². The van der Waals surface area contributed by atoms with Crippen molar-refractivity contribution in [3.8, 4) is 0 Å². The minimum absolute atomic E-state index is 0.110. The predicted molar refractivity (Wildman–Crippen MR) is 102 cm³/mol. The Morgan fingerprint density at radius 1 is 0.962 bits per heavy atom. The number of anilines is 1. The van der Waals surface area contributed by atoms with E-state index in [0.717, 1.165) is 16.1 Å². The van der Waals surface area contributed by atoms with Crippen molar-refractivity contribution in [3.05, 3.63) is 65.7 Å². The van der Waals surface area contributed by atoms with Crippen LogP contribution in [0.3, 0.4) is 0 Å². The number of hydrogen-bond acceptors (Lipinski definition) is 4. The molecule has 2 aromatic carbocycles. The zero-order valence-electron chi connectivity index (χ0n) is 15.0. The summed E-state index contributed by atoms with van der Waals surface area (Å²) < 4.78 is 25.4. The highest BCUT2D eigenvalue weighted by Crippen LogP contribution is 2.19. The van der Waals surface area contributed by atoms with Crippen LogP contribution in [0.1, 0.15) is 22.8 Å². The van der Waals surface area contributed by atoms with Gasteiger partial charge >= 0.3 is 0 Å². The average Bonchev–Trinajstić information content (AvgIpc) is 2.59. The monoisotopic (exact) mass is 374 g/mol. The lowest BCUT2D eigenvalue weighted by molar-refractivity contribution is -0.128. The third-order valence-electron chi connectivity index (χ3n) is 3.93. The van der Waals surface area contributed by atoms with E-state index in [1.807, 2.05) is 30.3 Å². The molecule has 138 valence electrons. The topological polar surface area (TPSA) is 74.8 Å². The van der Waals surface area contributed by atoms with Gasteiger partial charge in [0, 0.05) is 19.2 Å². The minimum Gasteiger partial charge on any atom is -0.340 e. The second-order valence-electron chi connectivity index (χ2n) is 6.11. The Balaban J connectivity index is 2.17. The summed E-state index contributed by atoms with van der Waals surface area (Å²) in [5.74, 6) is -0.434. The molecule has 0 N–H and O–H groups in total. The van der Waals surface area contributed by atoms with E-state index in [-0.39, 0.29) is 18.2 Å². The Hall–Kier alpha value is -2.67. The number of rotatable bonds is 7. The van der Waals surface area contributed by atoms with Crippen LogP contribution in [0.4, 0.5) is 5.69 Å². The van der Waals surface area contributed by atoms with E-state index < -0.39 is 10.0 Å². The molecule has 6 nitrogen and oxygen atoms in total. The fourth-order valence-corrected chi connectivity index (χ4v) is 3.30. The Morgan fingerprint density at radius 2 is 1.54 bits per heavy atom. The number of benzene rings is 2. The lowest BCUT2D eigenvalue weighted by Gasteiger charge is -2.25. The number of hydrogen-bond donors (Lipinski definition) is 0. The maximum Gasteiger partial charge on any atom is 0.243 e. The molecule has 0 aliphatic carbocycles. The Labute approximate surface area is 154 Å². The molecule has 0 aliphatic rings. The second-order valence-corrected chi connectivity index (χ2v) is 8.01. The SMILES string of the molecule is CC(=O)c1ccc(N(CC(=O)N(C)Cc2ccccc2)S(C)(=O)=O)cc1. The van der Waals surface area contributed by atoms with Gasteiger partial charge in [0.2, 0.25) is 15.9 Å². The molecule has 2 aromatic rings. The molecule has 0 spiro atoms. The van der Waals surface area contributed by atoms with Crippen molar-refractivity contribution in [1.29, 1.82) is 0 Å². The molecule has 0 atom stereocenters. The first-order valence-corrected chi connectivity index (χ1v) is 9.90. The molecule has 0 saturated heterocycles. The van der Waals surface area contributed by atoms with Crippen molar-refractivity contribution >= 4 is 27.4 Å². The van der Waals surface area contributed by atoms with E-state index in [1.165, 1.54) is 24.0 Å². The molecule has 0 aliphatic heterocycles. The smallest absolute Gasteiger partial charge is 0.243 e. The molecule has 0 radical (unpaired) electrons. The van der Waals surface area contributed by atoms with Gasteiger partial charge in [-0.2, -0.15) is 0 Å². The summed E-state index contributed by atoms with van der Waals surface area (Å²) in [6.45, 7) is 1.52. The Bertz CT molecular complexity index is 878. The number of amides is 1. The third kappa shape index (κ3) is 5.16. The Kier molecular flexibility index (Phi) is 6.15. The van der Waals surface area contributed by atoms with E-state index in [2.05, 4.69) is 0 Å². The van der Waals surface area contributed by atoms with E-state index >= 15 is 0 Å². The first-order chi connectivity index (χ1) is 12.2. The molecular formula is C19H22N2O4S. The van der Waals surface area contributed by atoms with E-state index in [4.69, 9.17) is 0 Å². The van der Waals surface area contributed by atoms with Gasteiger partial charge in [0.1, 0.15) is 6.54 Å². The summed E-state index contributed by atoms with van der Waals surface area (Å²) in [5, 5.41) is 0. The Morgan fingerprint density at radius 3 is 2.04 bits per heavy atom. The largest absolute Gasteiger partial charge is 0.340 e. The van der Waals surface area contributed by atoms with Crippen LogP contribution in [-0.4, -0.2) is 44.9 Å². The summed E-state index contributed by atoms with van der Waals surface area (Å²) in [6.07, 6.45) is 1.05. The lowest BCUT2D eigenvalue weighted by Crippen LogP contribution is -2.41. The quantitative estimate of drug-likeness (QED) is 0.697. The number of ketones is 1. The van der Waals surface area contributed by atoms with Gasteiger partial charge < -0.3 is 4.90 Å². The minimum atomic E-state index is -3.65. The van der Waals surface area contributed by atoms with Crippen LogP contribution >= 0.6 is 0 Å². The summed E-state index contributed by atoms with van der Waals surface area (Å²) in [6, 6.07) is 15.6. The number of carbonyl (C=O) groups excluding carboxylic acids is 2. The second kappa shape index (κ2) is 8.14. The third-order valence-corrected chi connectivity index (χ3v) is 5.07. The molecule has 0 bridgehead atoms. The summed E-state index contributed by atoms with van der Waals surface area (Å²) >= 11 is 0. The van der Waals surface area contributed by atoms with Crippen LogP contribution in [0.2, 0.25) is 0 Å². The van der Waals surface area contributed by atoms with Crippen LogP contribution in [0.25, 0.3) is 0 Å². The fraction of sp³-hybridized carbons (Fsp3) is 0.263. The number of carbonyl (C=O) groups is 2. The van der Waals surface area contributed by atoms with Crippen LogP contribution in [0.15, 0.2) is 54.6 Å². The van der Waals surface area contributed by atoms with Crippen LogP contribution in [-0.2, 0) is 21.4 Å². The predicted octanol–water partition coefficient (Wildman–Crippen LogP) is 2.31. The van der Waals surface area contributed by atoms with Gasteiger partial charge in [-0.1, -0.05) is 30.3 Å². The molecule has 0 aromatic heterocycles. The van der Waals surface area contributed by atoms with Crippen molar-refractivity contribution in [2.24, 2.45) is 0 Å². The molecule has 7 heteroatoms. The van der Waals surface area contributed by atoms with Crippen molar-refractivity contribution in [2.75, 3.05) is 24.2 Å². The zero-order chi connectivity index (χ0) is 19.3. The fourth-order valence-electron chi connectivity index (χ4n) is 2.45. The maximum absolute atomic E-state index is 12.5. The van der Waals surface area contributed by atoms with Gasteiger partial charge in [-0.15, -0.1) is 0 Å². The van der Waals surface area contributed by atoms with Gasteiger partial charge in [0.05, 0.1) is 11.9 Å². The van der Waals surface area contributed by atoms with Crippen LogP contribution in [0, 0.1) is 0 Å². The highest BCUT2D eigenvalue weighted by atomic mass is 32.2. The van der Waals surface area contributed by atoms with Gasteiger partial charge in [-0.05, 0) is 36.8 Å². The maximum atomic E-state index is 12.5. The van der Waals surface area contributed by atoms with Crippen molar-refractivity contribution < 1.29 is 18.0 Å². The summed E-state index contributed by atoms with van der Waals surface area (Å²) in [5.41, 5.74) is 1.79. The standard InChI is InChI=1S/C19H22N2O4S/c1-15(22)17-9-11-18(12-10-17)21(26(3,24)25)14-19(23)20(2)13-16-7-5-4-6-8-16/h4-12H,13-14H2,1-3H3. The van der Waals surface area contributed by atoms with Gasteiger partial charge in [0.15, 0.2) is 5.78 Å². The van der Waals surface area contributed by atoms with Crippen molar-refractivity contribution in [1.82, 2.24) is 4.90 Å². The van der Waals surface area contributed by atoms with Crippen molar-refractivity contribution in [2.45, 2.75) is 13.5 Å². The molecule has 0 fully saturated rings. The number of likely N-dealkylation sites (N-methyl/N-ethyl adjacent to an activating group) is 1. The molecule has 1 amide bonds. The summed E-state index contributed by atoms with van der Waals surface area (Å²) in [7, 11) is -2.02. The molecule has 0 unspecified atom stereocenters. The number of Topliss-reactive ketones (excluding diaryl/α,β-unsaturated/α-hetero) is 1. The van der Waals surface area contributed by atoms with E-state index in [9.17, 15) is 18.0 Å². The van der Waals surface area contributed by atoms with Crippen LogP contribution in [0.5, 0.6) is 0 Å². The van der Waals surface area contributed by atoms with Gasteiger partial charge in [-0.3, -0.25) is 13.9 Å². The molecule has 0 heterocycles. The van der Waals surface area contributed by atoms with Gasteiger partial charge in [0.25, 0.3) is 0 Å². The molecule has 26 heavy (non-hydrogen) atoms. The molecular weight excluding hydrogens is 352 g/mol. The summed E-state index contributed by atoms with van der Waals surface area (Å²) in [4.78, 5) is 25.4. The lowest BCUT2D eigenvalue weighted by atomic mass is 10.1. The average molecular weight is 374 g/mol. The zero-order valence-corrected chi connectivity index (χ0v) is 15.9. The normalized spacial score (nSPS) is 11.0. The van der Waals surface area contributed by atoms with Crippen LogP contribution < -0.4 is 4.31 Å². The first-order valence-electron chi connectivity index (χ1n) is 8.05. The number of sulfonamides is 1.